The molecule has 1 heterocycles. The van der Waals surface area contributed by atoms with Gasteiger partial charge >= 0.3 is 0 Å². The zero-order valence-corrected chi connectivity index (χ0v) is 5.29. The Balaban J connectivity index is 2.42. The van der Waals surface area contributed by atoms with Crippen molar-refractivity contribution in [2.45, 2.75) is 12.8 Å². The molecule has 0 spiro atoms. The van der Waals surface area contributed by atoms with Gasteiger partial charge in [-0.15, -0.1) is 0 Å². The number of aryl methyl sites for hydroxylation is 1. The van der Waals surface area contributed by atoms with Crippen LogP contribution in [0.15, 0.2) is 6.08 Å². The molecule has 0 radical (unpaired) electrons. The van der Waals surface area contributed by atoms with Crippen LogP contribution in [0.4, 0.5) is 0 Å². The van der Waals surface area contributed by atoms with E-state index >= 15 is 0 Å². The van der Waals surface area contributed by atoms with Crippen molar-refractivity contribution in [1.29, 1.82) is 0 Å². The zero-order chi connectivity index (χ0) is 5.40. The summed E-state index contributed by atoms with van der Waals surface area (Å²) in [7, 11) is 0. The summed E-state index contributed by atoms with van der Waals surface area (Å²) < 4.78 is 3.16. The number of fused-ring (bicyclic) bond motifs is 1. The van der Waals surface area contributed by atoms with Crippen LogP contribution in [0.3, 0.4) is 0 Å². The normalized spacial score (nSPS) is 16.5. The van der Waals surface area contributed by atoms with Gasteiger partial charge in [0.05, 0.1) is 5.69 Å². The lowest BCUT2D eigenvalue weighted by Crippen LogP contribution is -1.96. The second kappa shape index (κ2) is 1.49. The minimum absolute atomic E-state index is 1.23. The molecule has 0 atom stereocenters. The molecule has 1 aromatic rings. The number of hydrogen-bond donors (Lipinski definition) is 1. The van der Waals surface area contributed by atoms with E-state index in [4.69, 9.17) is 0 Å². The molecule has 8 heavy (non-hydrogen) atoms. The molecule has 0 unspecified atom stereocenters. The minimum atomic E-state index is 1.23. The maximum absolute atomic E-state index is 3.16. The van der Waals surface area contributed by atoms with Crippen LogP contribution in [-0.2, 0) is 6.42 Å². The van der Waals surface area contributed by atoms with E-state index in [0.717, 1.165) is 0 Å². The third-order valence-corrected chi connectivity index (χ3v) is 2.40. The summed E-state index contributed by atoms with van der Waals surface area (Å²) in [5.41, 5.74) is 1.35. The van der Waals surface area contributed by atoms with Crippen LogP contribution in [0.5, 0.6) is 0 Å². The topological polar surface area (TPSA) is 15.8 Å². The molecule has 2 heteroatoms. The molecule has 0 saturated carbocycles. The molecule has 1 N–H and O–H groups in total. The lowest BCUT2D eigenvalue weighted by Gasteiger charge is -2.10. The number of allylic oxidation sites excluding steroid dienone is 1. The Morgan fingerprint density at radius 1 is 1.62 bits per heavy atom. The predicted octanol–water partition coefficient (Wildman–Crippen LogP) is 2.04. The van der Waals surface area contributed by atoms with Crippen molar-refractivity contribution in [3.63, 3.8) is 0 Å². The van der Waals surface area contributed by atoms with E-state index < -0.39 is 0 Å². The average Bonchev–Trinajstić information content (AvgIpc) is 1.72. The summed E-state index contributed by atoms with van der Waals surface area (Å²) in [6.45, 7) is 0. The maximum Gasteiger partial charge on any atom is 0.0620 e. The van der Waals surface area contributed by atoms with Crippen LogP contribution in [0.1, 0.15) is 17.0 Å². The van der Waals surface area contributed by atoms with E-state index in [1.165, 1.54) is 23.4 Å². The first-order valence-corrected chi connectivity index (χ1v) is 3.61. The molecule has 0 aliphatic heterocycles. The van der Waals surface area contributed by atoms with Crippen molar-refractivity contribution in [2.75, 3.05) is 0 Å². The van der Waals surface area contributed by atoms with E-state index in [2.05, 4.69) is 16.5 Å². The van der Waals surface area contributed by atoms with Gasteiger partial charge in [0, 0.05) is 4.88 Å². The van der Waals surface area contributed by atoms with E-state index in [0.29, 0.717) is 0 Å². The smallest absolute Gasteiger partial charge is 0.0620 e. The first kappa shape index (κ1) is 4.39. The Bertz CT molecular complexity index is 207. The minimum Gasteiger partial charge on any atom is -0.310 e. The van der Waals surface area contributed by atoms with Gasteiger partial charge in [-0.25, -0.2) is 0 Å². The lowest BCUT2D eigenvalue weighted by atomic mass is 10.1. The number of aromatic nitrogens is 1. The predicted molar refractivity (Wildman–Crippen MR) is 36.0 cm³/mol. The van der Waals surface area contributed by atoms with Crippen LogP contribution in [0, 0.1) is 0 Å². The summed E-state index contributed by atoms with van der Waals surface area (Å²) in [6.07, 6.45) is 6.86. The van der Waals surface area contributed by atoms with E-state index in [1.54, 1.807) is 11.5 Å². The standard InChI is InChI=1S/C6H7NS/c1-2-4-6-5(3-1)7-8-6/h1,3,7H,2,4H2. The van der Waals surface area contributed by atoms with Gasteiger partial charge in [-0.1, -0.05) is 17.6 Å². The first-order valence-electron chi connectivity index (χ1n) is 2.79. The number of H-pyrrole nitrogens is 1. The highest BCUT2D eigenvalue weighted by Crippen LogP contribution is 2.23. The molecule has 0 aromatic carbocycles. The highest BCUT2D eigenvalue weighted by Gasteiger charge is 2.06. The number of hydrogen-bond acceptors (Lipinski definition) is 1. The summed E-state index contributed by atoms with van der Waals surface area (Å²) >= 11 is 1.77. The Morgan fingerprint density at radius 3 is 3.00 bits per heavy atom. The van der Waals surface area contributed by atoms with E-state index in [-0.39, 0.29) is 0 Å². The fraction of sp³-hybridized carbons (Fsp3) is 0.333. The summed E-state index contributed by atoms with van der Waals surface area (Å²) in [6, 6.07) is 0. The van der Waals surface area contributed by atoms with Crippen molar-refractivity contribution in [1.82, 2.24) is 4.37 Å². The molecule has 2 rings (SSSR count). The van der Waals surface area contributed by atoms with E-state index in [9.17, 15) is 0 Å². The maximum atomic E-state index is 3.16. The van der Waals surface area contributed by atoms with Gasteiger partial charge in [-0.3, -0.25) is 0 Å². The summed E-state index contributed by atoms with van der Waals surface area (Å²) in [5, 5.41) is 0. The van der Waals surface area contributed by atoms with Crippen LogP contribution >= 0.6 is 11.5 Å². The summed E-state index contributed by atoms with van der Waals surface area (Å²) in [5.74, 6) is 0. The van der Waals surface area contributed by atoms with Crippen LogP contribution in [0.2, 0.25) is 0 Å². The Morgan fingerprint density at radius 2 is 2.62 bits per heavy atom. The van der Waals surface area contributed by atoms with E-state index in [1.807, 2.05) is 0 Å². The average molecular weight is 125 g/mol. The zero-order valence-electron chi connectivity index (χ0n) is 4.48. The molecule has 1 aliphatic rings. The van der Waals surface area contributed by atoms with Gasteiger partial charge in [0.15, 0.2) is 0 Å². The quantitative estimate of drug-likeness (QED) is 0.546. The second-order valence-corrected chi connectivity index (χ2v) is 2.88. The lowest BCUT2D eigenvalue weighted by molar-refractivity contribution is 0.988. The summed E-state index contributed by atoms with van der Waals surface area (Å²) in [4.78, 5) is 1.53. The molecule has 42 valence electrons. The third kappa shape index (κ3) is 0.464. The van der Waals surface area contributed by atoms with Gasteiger partial charge in [0.1, 0.15) is 0 Å². The van der Waals surface area contributed by atoms with Crippen molar-refractivity contribution in [3.05, 3.63) is 16.6 Å². The van der Waals surface area contributed by atoms with Crippen LogP contribution in [0.25, 0.3) is 6.08 Å². The molecule has 0 bridgehead atoms. The van der Waals surface area contributed by atoms with Gasteiger partial charge in [-0.2, -0.15) is 0 Å². The fourth-order valence-electron chi connectivity index (χ4n) is 0.910. The molecule has 1 aliphatic carbocycles. The monoisotopic (exact) mass is 125 g/mol. The van der Waals surface area contributed by atoms with Crippen molar-refractivity contribution >= 4 is 17.6 Å². The van der Waals surface area contributed by atoms with Crippen LogP contribution < -0.4 is 0 Å². The highest BCUT2D eigenvalue weighted by atomic mass is 32.1. The Hall–Kier alpha value is -0.500. The number of rotatable bonds is 0. The fourth-order valence-corrected chi connectivity index (χ4v) is 1.63. The van der Waals surface area contributed by atoms with Crippen molar-refractivity contribution in [3.8, 4) is 0 Å². The van der Waals surface area contributed by atoms with Crippen LogP contribution in [-0.4, -0.2) is 4.37 Å². The number of nitrogens with one attached hydrogen (secondary N) is 1. The molecular formula is C6H7NS. The van der Waals surface area contributed by atoms with Gasteiger partial charge in [-0.05, 0) is 18.9 Å². The number of aromatic amines is 1. The Labute approximate surface area is 52.2 Å². The van der Waals surface area contributed by atoms with Crippen molar-refractivity contribution < 1.29 is 0 Å². The largest absolute Gasteiger partial charge is 0.310 e. The SMILES string of the molecule is C1=Cc2[nH]sc2CC1. The molecule has 0 saturated heterocycles. The van der Waals surface area contributed by atoms with Gasteiger partial charge in [0.25, 0.3) is 0 Å². The molecule has 0 fully saturated rings. The highest BCUT2D eigenvalue weighted by molar-refractivity contribution is 7.07. The third-order valence-electron chi connectivity index (χ3n) is 1.41. The molecule has 1 aromatic heterocycles. The molecule has 0 amide bonds. The first-order chi connectivity index (χ1) is 3.97. The second-order valence-electron chi connectivity index (χ2n) is 1.98. The van der Waals surface area contributed by atoms with Gasteiger partial charge < -0.3 is 4.37 Å². The van der Waals surface area contributed by atoms with Gasteiger partial charge in [0.2, 0.25) is 0 Å². The Kier molecular flexibility index (Phi) is 0.815. The molecule has 1 nitrogen and oxygen atoms in total. The molecular weight excluding hydrogens is 118 g/mol. The van der Waals surface area contributed by atoms with Crippen molar-refractivity contribution in [2.24, 2.45) is 0 Å².